The van der Waals surface area contributed by atoms with E-state index in [9.17, 15) is 18.5 Å². The summed E-state index contributed by atoms with van der Waals surface area (Å²) in [5.41, 5.74) is 1.31. The molecule has 33 heavy (non-hydrogen) atoms. The summed E-state index contributed by atoms with van der Waals surface area (Å²) in [4.78, 5) is 17.1. The molecule has 3 aromatic rings. The van der Waals surface area contributed by atoms with Crippen LogP contribution in [-0.2, 0) is 10.0 Å². The predicted molar refractivity (Wildman–Crippen MR) is 125 cm³/mol. The Balaban J connectivity index is 1.49. The van der Waals surface area contributed by atoms with Crippen LogP contribution in [-0.4, -0.2) is 63.0 Å². The number of hydrogen-bond acceptors (Lipinski definition) is 9. The van der Waals surface area contributed by atoms with Crippen LogP contribution < -0.4 is 14.4 Å². The quantitative estimate of drug-likeness (QED) is 0.366. The van der Waals surface area contributed by atoms with Crippen LogP contribution in [0.2, 0.25) is 0 Å². The molecule has 0 N–H and O–H groups in total. The van der Waals surface area contributed by atoms with Crippen molar-refractivity contribution in [2.24, 2.45) is 0 Å². The lowest BCUT2D eigenvalue weighted by molar-refractivity contribution is -0.385. The molecule has 0 spiro atoms. The molecule has 12 heteroatoms. The van der Waals surface area contributed by atoms with E-state index < -0.39 is 14.9 Å². The van der Waals surface area contributed by atoms with E-state index in [1.54, 1.807) is 14.2 Å². The van der Waals surface area contributed by atoms with E-state index in [1.807, 2.05) is 28.5 Å². The highest BCUT2D eigenvalue weighted by atomic mass is 32.2. The molecular formula is C21H22N4O6S2. The molecule has 1 saturated heterocycles. The molecule has 174 valence electrons. The topological polar surface area (TPSA) is 115 Å². The van der Waals surface area contributed by atoms with E-state index in [2.05, 4.69) is 0 Å². The highest BCUT2D eigenvalue weighted by Crippen LogP contribution is 2.36. The number of rotatable bonds is 7. The SMILES string of the molecule is COc1ccc(OC)c(-c2csc(N3CCN(S(=O)(=O)c4cccc([N+](=O)[O-])c4)CC3)n2)c1. The Morgan fingerprint density at radius 1 is 1.06 bits per heavy atom. The number of methoxy groups -OCH3 is 2. The molecule has 0 radical (unpaired) electrons. The minimum Gasteiger partial charge on any atom is -0.497 e. The summed E-state index contributed by atoms with van der Waals surface area (Å²) < 4.78 is 38.1. The van der Waals surface area contributed by atoms with Crippen molar-refractivity contribution in [2.45, 2.75) is 4.90 Å². The highest BCUT2D eigenvalue weighted by molar-refractivity contribution is 7.89. The molecule has 0 bridgehead atoms. The maximum Gasteiger partial charge on any atom is 0.270 e. The average Bonchev–Trinajstić information content (AvgIpc) is 3.34. The zero-order valence-corrected chi connectivity index (χ0v) is 19.6. The van der Waals surface area contributed by atoms with Gasteiger partial charge < -0.3 is 14.4 Å². The normalized spacial score (nSPS) is 14.8. The lowest BCUT2D eigenvalue weighted by Crippen LogP contribution is -2.48. The van der Waals surface area contributed by atoms with Crippen LogP contribution in [0.25, 0.3) is 11.3 Å². The molecule has 4 rings (SSSR count). The molecule has 1 fully saturated rings. The van der Waals surface area contributed by atoms with Crippen molar-refractivity contribution in [3.8, 4) is 22.8 Å². The number of hydrogen-bond donors (Lipinski definition) is 0. The average molecular weight is 491 g/mol. The van der Waals surface area contributed by atoms with Gasteiger partial charge in [-0.05, 0) is 24.3 Å². The molecule has 0 aliphatic carbocycles. The number of thiazole rings is 1. The third-order valence-electron chi connectivity index (χ3n) is 5.35. The summed E-state index contributed by atoms with van der Waals surface area (Å²) in [6.07, 6.45) is 0. The smallest absolute Gasteiger partial charge is 0.270 e. The van der Waals surface area contributed by atoms with Crippen LogP contribution >= 0.6 is 11.3 Å². The summed E-state index contributed by atoms with van der Waals surface area (Å²) in [5, 5.41) is 13.7. The van der Waals surface area contributed by atoms with E-state index in [4.69, 9.17) is 14.5 Å². The number of nitrogens with zero attached hydrogens (tertiary/aromatic N) is 4. The van der Waals surface area contributed by atoms with Crippen LogP contribution in [0.15, 0.2) is 52.7 Å². The second-order valence-corrected chi connectivity index (χ2v) is 10.0. The van der Waals surface area contributed by atoms with Gasteiger partial charge in [0.2, 0.25) is 10.0 Å². The van der Waals surface area contributed by atoms with Gasteiger partial charge in [-0.2, -0.15) is 4.31 Å². The number of nitro groups is 1. The molecule has 10 nitrogen and oxygen atoms in total. The second-order valence-electron chi connectivity index (χ2n) is 7.23. The Morgan fingerprint density at radius 2 is 1.82 bits per heavy atom. The van der Waals surface area contributed by atoms with Crippen LogP contribution in [0.5, 0.6) is 11.5 Å². The van der Waals surface area contributed by atoms with E-state index >= 15 is 0 Å². The van der Waals surface area contributed by atoms with Crippen LogP contribution in [0, 0.1) is 10.1 Å². The predicted octanol–water partition coefficient (Wildman–Crippen LogP) is 3.25. The fraction of sp³-hybridized carbons (Fsp3) is 0.286. The van der Waals surface area contributed by atoms with Crippen molar-refractivity contribution in [2.75, 3.05) is 45.3 Å². The van der Waals surface area contributed by atoms with E-state index in [0.717, 1.165) is 22.5 Å². The molecule has 2 aromatic carbocycles. The van der Waals surface area contributed by atoms with Crippen molar-refractivity contribution in [1.82, 2.24) is 9.29 Å². The molecule has 2 heterocycles. The Bertz CT molecular complexity index is 1270. The minimum atomic E-state index is -3.82. The first-order chi connectivity index (χ1) is 15.8. The lowest BCUT2D eigenvalue weighted by atomic mass is 10.1. The lowest BCUT2D eigenvalue weighted by Gasteiger charge is -2.33. The Hall–Kier alpha value is -3.22. The van der Waals surface area contributed by atoms with E-state index in [1.165, 1.54) is 33.8 Å². The Kier molecular flexibility index (Phi) is 6.49. The van der Waals surface area contributed by atoms with Crippen LogP contribution in [0.1, 0.15) is 0 Å². The maximum atomic E-state index is 13.0. The number of aromatic nitrogens is 1. The molecule has 1 aliphatic rings. The van der Waals surface area contributed by atoms with Gasteiger partial charge in [0, 0.05) is 49.3 Å². The Labute approximate surface area is 195 Å². The van der Waals surface area contributed by atoms with Crippen LogP contribution in [0.4, 0.5) is 10.8 Å². The minimum absolute atomic E-state index is 0.0770. The van der Waals surface area contributed by atoms with Gasteiger partial charge in [-0.1, -0.05) is 6.07 Å². The molecule has 0 atom stereocenters. The number of ether oxygens (including phenoxy) is 2. The summed E-state index contributed by atoms with van der Waals surface area (Å²) in [5.74, 6) is 1.38. The van der Waals surface area contributed by atoms with Gasteiger partial charge in [-0.15, -0.1) is 11.3 Å². The summed E-state index contributed by atoms with van der Waals surface area (Å²) in [6, 6.07) is 10.6. The van der Waals surface area contributed by atoms with E-state index in [-0.39, 0.29) is 23.7 Å². The molecule has 0 unspecified atom stereocenters. The van der Waals surface area contributed by atoms with Crippen molar-refractivity contribution in [3.63, 3.8) is 0 Å². The number of nitro benzene ring substituents is 1. The van der Waals surface area contributed by atoms with Gasteiger partial charge in [0.25, 0.3) is 5.69 Å². The first-order valence-corrected chi connectivity index (χ1v) is 12.3. The first kappa shape index (κ1) is 23.0. The fourth-order valence-electron chi connectivity index (χ4n) is 3.57. The molecule has 0 amide bonds. The Morgan fingerprint density at radius 3 is 2.48 bits per heavy atom. The summed E-state index contributed by atoms with van der Waals surface area (Å²) >= 11 is 1.47. The number of sulfonamides is 1. The van der Waals surface area contributed by atoms with Crippen molar-refractivity contribution >= 4 is 32.2 Å². The maximum absolute atomic E-state index is 13.0. The van der Waals surface area contributed by atoms with Gasteiger partial charge in [-0.3, -0.25) is 10.1 Å². The number of non-ortho nitro benzene ring substituents is 1. The molecule has 1 aliphatic heterocycles. The van der Waals surface area contributed by atoms with Gasteiger partial charge in [0.1, 0.15) is 11.5 Å². The highest BCUT2D eigenvalue weighted by Gasteiger charge is 2.30. The molecule has 1 aromatic heterocycles. The number of piperazine rings is 1. The number of benzene rings is 2. The fourth-order valence-corrected chi connectivity index (χ4v) is 5.92. The van der Waals surface area contributed by atoms with Gasteiger partial charge in [0.15, 0.2) is 5.13 Å². The summed E-state index contributed by atoms with van der Waals surface area (Å²) in [7, 11) is -0.630. The third-order valence-corrected chi connectivity index (χ3v) is 8.15. The van der Waals surface area contributed by atoms with Gasteiger partial charge in [0.05, 0.1) is 29.7 Å². The van der Waals surface area contributed by atoms with Crippen molar-refractivity contribution < 1.29 is 22.8 Å². The third kappa shape index (κ3) is 4.63. The largest absolute Gasteiger partial charge is 0.497 e. The zero-order valence-electron chi connectivity index (χ0n) is 18.0. The number of anilines is 1. The van der Waals surface area contributed by atoms with Gasteiger partial charge in [-0.25, -0.2) is 13.4 Å². The molecular weight excluding hydrogens is 468 g/mol. The second kappa shape index (κ2) is 9.33. The van der Waals surface area contributed by atoms with Crippen molar-refractivity contribution in [1.29, 1.82) is 0 Å². The first-order valence-electron chi connectivity index (χ1n) is 10.0. The standard InChI is InChI=1S/C21H22N4O6S2/c1-30-16-6-7-20(31-2)18(13-16)19-14-32-21(22-19)23-8-10-24(11-9-23)33(28,29)17-5-3-4-15(12-17)25(26)27/h3-7,12-14H,8-11H2,1-2H3. The summed E-state index contributed by atoms with van der Waals surface area (Å²) in [6.45, 7) is 1.41. The molecule has 0 saturated carbocycles. The monoisotopic (exact) mass is 490 g/mol. The van der Waals surface area contributed by atoms with Gasteiger partial charge >= 0.3 is 0 Å². The zero-order chi connectivity index (χ0) is 23.6. The van der Waals surface area contributed by atoms with E-state index in [0.29, 0.717) is 24.6 Å². The van der Waals surface area contributed by atoms with Crippen LogP contribution in [0.3, 0.4) is 0 Å². The van der Waals surface area contributed by atoms with Crippen molar-refractivity contribution in [3.05, 3.63) is 58.0 Å².